The zero-order chi connectivity index (χ0) is 28.5. The molecular formula is C29H33Cl2N3O4S. The highest BCUT2D eigenvalue weighted by Crippen LogP contribution is 2.42. The predicted molar refractivity (Wildman–Crippen MR) is 157 cm³/mol. The van der Waals surface area contributed by atoms with Crippen LogP contribution >= 0.6 is 23.2 Å². The van der Waals surface area contributed by atoms with Crippen LogP contribution in [0, 0.1) is 0 Å². The molecule has 3 aromatic carbocycles. The van der Waals surface area contributed by atoms with Crippen LogP contribution in [0.1, 0.15) is 52.5 Å². The van der Waals surface area contributed by atoms with Crippen molar-refractivity contribution in [2.75, 3.05) is 10.8 Å². The van der Waals surface area contributed by atoms with Gasteiger partial charge in [-0.1, -0.05) is 60.5 Å². The monoisotopic (exact) mass is 589 g/mol. The lowest BCUT2D eigenvalue weighted by Crippen LogP contribution is -2.53. The van der Waals surface area contributed by atoms with Crippen LogP contribution in [0.25, 0.3) is 10.8 Å². The summed E-state index contributed by atoms with van der Waals surface area (Å²) < 4.78 is 28.0. The molecule has 0 fully saturated rings. The Morgan fingerprint density at radius 3 is 2.38 bits per heavy atom. The number of nitrogens with one attached hydrogen (secondary N) is 1. The van der Waals surface area contributed by atoms with Crippen molar-refractivity contribution in [1.82, 2.24) is 10.2 Å². The minimum absolute atomic E-state index is 0.0584. The maximum Gasteiger partial charge on any atom is 0.265 e. The van der Waals surface area contributed by atoms with Crippen molar-refractivity contribution in [3.05, 3.63) is 70.2 Å². The average Bonchev–Trinajstić information content (AvgIpc) is 3.07. The Kier molecular flexibility index (Phi) is 8.50. The summed E-state index contributed by atoms with van der Waals surface area (Å²) in [6.45, 7) is 7.77. The lowest BCUT2D eigenvalue weighted by molar-refractivity contribution is -0.142. The lowest BCUT2D eigenvalue weighted by Gasteiger charge is -2.33. The molecule has 1 aliphatic heterocycles. The first-order valence-corrected chi connectivity index (χ1v) is 15.1. The number of halogens is 2. The largest absolute Gasteiger partial charge is 0.350 e. The Morgan fingerprint density at radius 1 is 1.05 bits per heavy atom. The molecule has 1 atom stereocenters. The van der Waals surface area contributed by atoms with Crippen LogP contribution in [0.15, 0.2) is 59.5 Å². The highest BCUT2D eigenvalue weighted by molar-refractivity contribution is 7.93. The molecule has 1 N–H and O–H groups in total. The normalized spacial score (nSPS) is 14.9. The summed E-state index contributed by atoms with van der Waals surface area (Å²) in [5.41, 5.74) is 0.814. The smallest absolute Gasteiger partial charge is 0.265 e. The molecule has 0 saturated carbocycles. The molecule has 0 bridgehead atoms. The van der Waals surface area contributed by atoms with Crippen molar-refractivity contribution >= 4 is 61.5 Å². The summed E-state index contributed by atoms with van der Waals surface area (Å²) >= 11 is 12.5. The zero-order valence-corrected chi connectivity index (χ0v) is 24.8. The van der Waals surface area contributed by atoms with Crippen molar-refractivity contribution < 1.29 is 18.0 Å². The van der Waals surface area contributed by atoms with Gasteiger partial charge in [-0.25, -0.2) is 8.42 Å². The Balaban J connectivity index is 1.55. The molecule has 0 spiro atoms. The van der Waals surface area contributed by atoms with Crippen LogP contribution < -0.4 is 9.62 Å². The molecule has 1 aliphatic rings. The first-order valence-electron chi connectivity index (χ1n) is 12.9. The van der Waals surface area contributed by atoms with Gasteiger partial charge in [0.25, 0.3) is 10.0 Å². The Morgan fingerprint density at radius 2 is 1.74 bits per heavy atom. The highest BCUT2D eigenvalue weighted by Gasteiger charge is 2.36. The molecule has 0 aromatic heterocycles. The van der Waals surface area contributed by atoms with Crippen molar-refractivity contribution in [3.8, 4) is 0 Å². The lowest BCUT2D eigenvalue weighted by atomic mass is 10.0. The summed E-state index contributed by atoms with van der Waals surface area (Å²) in [7, 11) is -3.72. The second kappa shape index (κ2) is 11.4. The Labute approximate surface area is 240 Å². The van der Waals surface area contributed by atoms with Gasteiger partial charge in [0.2, 0.25) is 11.8 Å². The molecule has 0 radical (unpaired) electrons. The number of nitrogens with zero attached hydrogens (tertiary/aromatic N) is 2. The number of rotatable bonds is 9. The van der Waals surface area contributed by atoms with E-state index in [1.807, 2.05) is 45.9 Å². The van der Waals surface area contributed by atoms with Gasteiger partial charge in [-0.15, -0.1) is 0 Å². The molecule has 0 unspecified atom stereocenters. The second-order valence-electron chi connectivity index (χ2n) is 10.7. The number of carbonyl (C=O) groups excluding carboxylic acids is 2. The van der Waals surface area contributed by atoms with Gasteiger partial charge in [0.15, 0.2) is 0 Å². The molecular weight excluding hydrogens is 557 g/mol. The fourth-order valence-corrected chi connectivity index (χ4v) is 7.14. The molecule has 10 heteroatoms. The van der Waals surface area contributed by atoms with Crippen molar-refractivity contribution in [1.29, 1.82) is 0 Å². The number of benzene rings is 3. The number of hydrogen-bond donors (Lipinski definition) is 1. The van der Waals surface area contributed by atoms with E-state index in [1.54, 1.807) is 36.4 Å². The summed E-state index contributed by atoms with van der Waals surface area (Å²) in [5.74, 6) is -0.517. The van der Waals surface area contributed by atoms with E-state index in [1.165, 1.54) is 9.21 Å². The zero-order valence-electron chi connectivity index (χ0n) is 22.5. The van der Waals surface area contributed by atoms with Gasteiger partial charge in [0.05, 0.1) is 10.6 Å². The molecule has 0 aliphatic carbocycles. The number of amides is 2. The summed E-state index contributed by atoms with van der Waals surface area (Å²) in [6, 6.07) is 15.1. The number of carbonyl (C=O) groups is 2. The second-order valence-corrected chi connectivity index (χ2v) is 13.4. The fraction of sp³-hybridized carbons (Fsp3) is 0.379. The van der Waals surface area contributed by atoms with Crippen LogP contribution in [0.3, 0.4) is 0 Å². The molecule has 4 rings (SSSR count). The first-order chi connectivity index (χ1) is 18.3. The molecule has 39 heavy (non-hydrogen) atoms. The van der Waals surface area contributed by atoms with Gasteiger partial charge >= 0.3 is 0 Å². The van der Waals surface area contributed by atoms with E-state index in [2.05, 4.69) is 5.32 Å². The topological polar surface area (TPSA) is 86.8 Å². The third-order valence-corrected chi connectivity index (χ3v) is 9.12. The van der Waals surface area contributed by atoms with Crippen LogP contribution in [-0.4, -0.2) is 43.3 Å². The van der Waals surface area contributed by atoms with Crippen molar-refractivity contribution in [2.24, 2.45) is 0 Å². The minimum Gasteiger partial charge on any atom is -0.350 e. The third kappa shape index (κ3) is 6.18. The molecule has 3 aromatic rings. The summed E-state index contributed by atoms with van der Waals surface area (Å²) in [6.07, 6.45) is 0.740. The number of sulfonamides is 1. The van der Waals surface area contributed by atoms with Gasteiger partial charge in [0.1, 0.15) is 6.04 Å². The molecule has 208 valence electrons. The SMILES string of the molecule is CC[C@H](C(=O)NC(C)(C)C)N(Cc1ccc(Cl)cc1Cl)C(=O)CCCN1c2cccc3cccc(c23)S1(=O)=O. The van der Waals surface area contributed by atoms with Crippen LogP contribution in [0.4, 0.5) is 5.69 Å². The number of anilines is 1. The van der Waals surface area contributed by atoms with Crippen LogP contribution in [0.2, 0.25) is 10.0 Å². The number of hydrogen-bond acceptors (Lipinski definition) is 4. The summed E-state index contributed by atoms with van der Waals surface area (Å²) in [4.78, 5) is 28.7. The van der Waals surface area contributed by atoms with Crippen molar-refractivity contribution in [2.45, 2.75) is 70.0 Å². The van der Waals surface area contributed by atoms with Gasteiger partial charge in [0, 0.05) is 40.5 Å². The fourth-order valence-electron chi connectivity index (χ4n) is 4.92. The van der Waals surface area contributed by atoms with Gasteiger partial charge in [-0.05, 0) is 68.8 Å². The van der Waals surface area contributed by atoms with E-state index in [9.17, 15) is 18.0 Å². The van der Waals surface area contributed by atoms with Gasteiger partial charge < -0.3 is 10.2 Å². The maximum atomic E-state index is 13.6. The Hall–Kier alpha value is -2.81. The van der Waals surface area contributed by atoms with E-state index < -0.39 is 21.6 Å². The average molecular weight is 591 g/mol. The summed E-state index contributed by atoms with van der Waals surface area (Å²) in [5, 5.41) is 5.41. The van der Waals surface area contributed by atoms with Gasteiger partial charge in [-0.3, -0.25) is 13.9 Å². The predicted octanol–water partition coefficient (Wildman–Crippen LogP) is 6.16. The molecule has 0 saturated heterocycles. The molecule has 7 nitrogen and oxygen atoms in total. The molecule has 2 amide bonds. The van der Waals surface area contributed by atoms with E-state index in [4.69, 9.17) is 23.2 Å². The minimum atomic E-state index is -3.72. The third-order valence-electron chi connectivity index (χ3n) is 6.67. The van der Waals surface area contributed by atoms with E-state index in [0.29, 0.717) is 33.1 Å². The Bertz CT molecular complexity index is 1510. The standard InChI is InChI=1S/C29H33Cl2N3O4S/c1-5-23(28(36)32-29(2,3)4)33(18-20-14-15-21(30)17-22(20)31)26(35)13-8-16-34-24-11-6-9-19-10-7-12-25(27(19)24)39(34,37)38/h6-7,9-12,14-15,17,23H,5,8,13,16,18H2,1-4H3,(H,32,36)/t23-/m1/s1. The van der Waals surface area contributed by atoms with Gasteiger partial charge in [-0.2, -0.15) is 0 Å². The van der Waals surface area contributed by atoms with Crippen LogP contribution in [-0.2, 0) is 26.2 Å². The quantitative estimate of drug-likeness (QED) is 0.324. The highest BCUT2D eigenvalue weighted by atomic mass is 35.5. The first kappa shape index (κ1) is 29.2. The molecule has 1 heterocycles. The maximum absolute atomic E-state index is 13.6. The van der Waals surface area contributed by atoms with Crippen LogP contribution in [0.5, 0.6) is 0 Å². The van der Waals surface area contributed by atoms with E-state index in [0.717, 1.165) is 5.39 Å². The van der Waals surface area contributed by atoms with E-state index >= 15 is 0 Å². The van der Waals surface area contributed by atoms with Crippen molar-refractivity contribution in [3.63, 3.8) is 0 Å². The van der Waals surface area contributed by atoms with E-state index in [-0.39, 0.29) is 42.6 Å².